The highest BCUT2D eigenvalue weighted by Crippen LogP contribution is 2.08. The van der Waals surface area contributed by atoms with Gasteiger partial charge in [0.25, 0.3) is 0 Å². The Morgan fingerprint density at radius 1 is 1.33 bits per heavy atom. The van der Waals surface area contributed by atoms with E-state index < -0.39 is 11.9 Å². The third kappa shape index (κ3) is 4.29. The van der Waals surface area contributed by atoms with Gasteiger partial charge in [-0.25, -0.2) is 4.79 Å². The minimum absolute atomic E-state index is 0.0243. The molecule has 0 unspecified atom stereocenters. The first-order chi connectivity index (χ1) is 7.08. The predicted octanol–water partition coefficient (Wildman–Crippen LogP) is 0.735. The van der Waals surface area contributed by atoms with Gasteiger partial charge in [0, 0.05) is 19.7 Å². The molecule has 0 aromatic rings. The third-order valence-corrected chi connectivity index (χ3v) is 2.36. The highest BCUT2D eigenvalue weighted by atomic mass is 16.5. The summed E-state index contributed by atoms with van der Waals surface area (Å²) in [6, 6.07) is -0.0243. The fourth-order valence-corrected chi connectivity index (χ4v) is 1.49. The van der Waals surface area contributed by atoms with Gasteiger partial charge < -0.3 is 14.7 Å². The summed E-state index contributed by atoms with van der Waals surface area (Å²) in [6.45, 7) is 4.55. The van der Waals surface area contributed by atoms with E-state index in [9.17, 15) is 9.59 Å². The van der Waals surface area contributed by atoms with Crippen LogP contribution in [0.5, 0.6) is 0 Å². The number of amides is 1. The molecule has 0 spiro atoms. The van der Waals surface area contributed by atoms with Crippen LogP contribution in [0.25, 0.3) is 0 Å². The Kier molecular flexibility index (Phi) is 6.70. The van der Waals surface area contributed by atoms with E-state index in [1.165, 1.54) is 12.0 Å². The third-order valence-electron chi connectivity index (χ3n) is 2.36. The first-order valence-corrected chi connectivity index (χ1v) is 5.11. The second-order valence-electron chi connectivity index (χ2n) is 3.27. The molecular weight excluding hydrogens is 198 g/mol. The Morgan fingerprint density at radius 2 is 1.87 bits per heavy atom. The second kappa shape index (κ2) is 7.23. The molecule has 0 bridgehead atoms. The normalized spacial score (nSPS) is 10.4. The maximum absolute atomic E-state index is 11.4. The van der Waals surface area contributed by atoms with Crippen molar-refractivity contribution in [3.8, 4) is 0 Å². The van der Waals surface area contributed by atoms with E-state index in [1.807, 2.05) is 13.8 Å². The van der Waals surface area contributed by atoms with Gasteiger partial charge in [-0.05, 0) is 12.8 Å². The van der Waals surface area contributed by atoms with Crippen molar-refractivity contribution >= 4 is 11.9 Å². The fraction of sp³-hybridized carbons (Fsp3) is 0.800. The molecule has 1 N–H and O–H groups in total. The summed E-state index contributed by atoms with van der Waals surface area (Å²) in [4.78, 5) is 23.4. The number of carbonyl (C=O) groups is 2. The molecule has 5 heteroatoms. The van der Waals surface area contributed by atoms with Gasteiger partial charge in [0.15, 0.2) is 0 Å². The Balaban J connectivity index is 4.54. The standard InChI is InChI=1S/C10H19NO4/c1-4-8(5-2)11(6-7-15-3)9(12)10(13)14/h8H,4-7H2,1-3H3,(H,13,14). The zero-order chi connectivity index (χ0) is 11.8. The highest BCUT2D eigenvalue weighted by Gasteiger charge is 2.25. The molecule has 0 aromatic heterocycles. The number of hydrogen-bond acceptors (Lipinski definition) is 3. The van der Waals surface area contributed by atoms with E-state index in [0.29, 0.717) is 13.2 Å². The van der Waals surface area contributed by atoms with Crippen LogP contribution >= 0.6 is 0 Å². The van der Waals surface area contributed by atoms with Crippen molar-refractivity contribution in [2.75, 3.05) is 20.3 Å². The molecule has 1 amide bonds. The van der Waals surface area contributed by atoms with Crippen LogP contribution in [0.2, 0.25) is 0 Å². The zero-order valence-electron chi connectivity index (χ0n) is 9.52. The van der Waals surface area contributed by atoms with Crippen LogP contribution in [-0.4, -0.2) is 48.2 Å². The highest BCUT2D eigenvalue weighted by molar-refractivity contribution is 6.31. The van der Waals surface area contributed by atoms with Crippen molar-refractivity contribution in [2.45, 2.75) is 32.7 Å². The van der Waals surface area contributed by atoms with E-state index in [2.05, 4.69) is 0 Å². The van der Waals surface area contributed by atoms with Crippen molar-refractivity contribution in [3.05, 3.63) is 0 Å². The minimum atomic E-state index is -1.40. The number of carboxylic acid groups (broad SMARTS) is 1. The Morgan fingerprint density at radius 3 is 2.20 bits per heavy atom. The summed E-state index contributed by atoms with van der Waals surface area (Å²) < 4.78 is 4.85. The van der Waals surface area contributed by atoms with Crippen molar-refractivity contribution in [1.29, 1.82) is 0 Å². The molecule has 0 atom stereocenters. The summed E-state index contributed by atoms with van der Waals surface area (Å²) in [7, 11) is 1.52. The number of nitrogens with zero attached hydrogens (tertiary/aromatic N) is 1. The van der Waals surface area contributed by atoms with Crippen LogP contribution in [0, 0.1) is 0 Å². The summed E-state index contributed by atoms with van der Waals surface area (Å²) in [5.74, 6) is -2.25. The molecule has 0 rings (SSSR count). The van der Waals surface area contributed by atoms with Crippen LogP contribution < -0.4 is 0 Å². The van der Waals surface area contributed by atoms with Crippen LogP contribution in [0.4, 0.5) is 0 Å². The molecule has 0 fully saturated rings. The van der Waals surface area contributed by atoms with E-state index in [0.717, 1.165) is 12.8 Å². The van der Waals surface area contributed by atoms with Gasteiger partial charge in [0.05, 0.1) is 6.61 Å². The van der Waals surface area contributed by atoms with E-state index in [-0.39, 0.29) is 6.04 Å². The number of carboxylic acids is 1. The number of carbonyl (C=O) groups excluding carboxylic acids is 1. The van der Waals surface area contributed by atoms with Gasteiger partial charge in [0.1, 0.15) is 0 Å². The first kappa shape index (κ1) is 13.9. The molecule has 5 nitrogen and oxygen atoms in total. The largest absolute Gasteiger partial charge is 0.474 e. The molecule has 88 valence electrons. The van der Waals surface area contributed by atoms with Gasteiger partial charge in [-0.3, -0.25) is 4.79 Å². The average Bonchev–Trinajstić information content (AvgIpc) is 2.23. The summed E-state index contributed by atoms with van der Waals surface area (Å²) >= 11 is 0. The van der Waals surface area contributed by atoms with Crippen molar-refractivity contribution in [2.24, 2.45) is 0 Å². The maximum Gasteiger partial charge on any atom is 0.394 e. The van der Waals surface area contributed by atoms with Crippen molar-refractivity contribution in [1.82, 2.24) is 4.90 Å². The minimum Gasteiger partial charge on any atom is -0.474 e. The van der Waals surface area contributed by atoms with Crippen molar-refractivity contribution in [3.63, 3.8) is 0 Å². The average molecular weight is 217 g/mol. The molecule has 0 aliphatic carbocycles. The van der Waals surface area contributed by atoms with Crippen molar-refractivity contribution < 1.29 is 19.4 Å². The molecule has 0 heterocycles. The number of methoxy groups -OCH3 is 1. The molecule has 0 radical (unpaired) electrons. The topological polar surface area (TPSA) is 66.8 Å². The van der Waals surface area contributed by atoms with Crippen LogP contribution in [0.3, 0.4) is 0 Å². The number of rotatable bonds is 6. The lowest BCUT2D eigenvalue weighted by Crippen LogP contribution is -2.45. The van der Waals surface area contributed by atoms with Crippen LogP contribution in [0.1, 0.15) is 26.7 Å². The van der Waals surface area contributed by atoms with Crippen LogP contribution in [0.15, 0.2) is 0 Å². The lowest BCUT2D eigenvalue weighted by atomic mass is 10.1. The first-order valence-electron chi connectivity index (χ1n) is 5.11. The number of aliphatic carboxylic acids is 1. The SMILES string of the molecule is CCC(CC)N(CCOC)C(=O)C(=O)O. The van der Waals surface area contributed by atoms with E-state index >= 15 is 0 Å². The van der Waals surface area contributed by atoms with Gasteiger partial charge in [0.2, 0.25) is 0 Å². The fourth-order valence-electron chi connectivity index (χ4n) is 1.49. The van der Waals surface area contributed by atoms with E-state index in [4.69, 9.17) is 9.84 Å². The van der Waals surface area contributed by atoms with Gasteiger partial charge >= 0.3 is 11.9 Å². The molecule has 0 aliphatic rings. The lowest BCUT2D eigenvalue weighted by molar-refractivity contribution is -0.157. The summed E-state index contributed by atoms with van der Waals surface area (Å²) in [6.07, 6.45) is 1.50. The zero-order valence-corrected chi connectivity index (χ0v) is 9.52. The second-order valence-corrected chi connectivity index (χ2v) is 3.27. The maximum atomic E-state index is 11.4. The molecule has 0 aromatic carbocycles. The van der Waals surface area contributed by atoms with Gasteiger partial charge in [-0.2, -0.15) is 0 Å². The van der Waals surface area contributed by atoms with Gasteiger partial charge in [-0.15, -0.1) is 0 Å². The molecule has 0 saturated heterocycles. The quantitative estimate of drug-likeness (QED) is 0.666. The summed E-state index contributed by atoms with van der Waals surface area (Å²) in [5, 5.41) is 8.66. The Hall–Kier alpha value is -1.10. The van der Waals surface area contributed by atoms with Crippen LogP contribution in [-0.2, 0) is 14.3 Å². The van der Waals surface area contributed by atoms with E-state index in [1.54, 1.807) is 0 Å². The monoisotopic (exact) mass is 217 g/mol. The molecule has 0 aliphatic heterocycles. The summed E-state index contributed by atoms with van der Waals surface area (Å²) in [5.41, 5.74) is 0. The Bertz CT molecular complexity index is 213. The molecular formula is C10H19NO4. The van der Waals surface area contributed by atoms with Gasteiger partial charge in [-0.1, -0.05) is 13.8 Å². The number of hydrogen-bond donors (Lipinski definition) is 1. The molecule has 15 heavy (non-hydrogen) atoms. The smallest absolute Gasteiger partial charge is 0.394 e. The predicted molar refractivity (Wildman–Crippen MR) is 55.6 cm³/mol. The molecule has 0 saturated carbocycles. The Labute approximate surface area is 90.0 Å². The lowest BCUT2D eigenvalue weighted by Gasteiger charge is -2.28. The number of ether oxygens (including phenoxy) is 1.